The van der Waals surface area contributed by atoms with Crippen molar-refractivity contribution in [3.8, 4) is 17.2 Å². The van der Waals surface area contributed by atoms with Gasteiger partial charge >= 0.3 is 0 Å². The number of aromatic hydroxyl groups is 1. The summed E-state index contributed by atoms with van der Waals surface area (Å²) in [5, 5.41) is 14.9. The van der Waals surface area contributed by atoms with Crippen molar-refractivity contribution >= 4 is 23.7 Å². The largest absolute Gasteiger partial charge is 0.504 e. The van der Waals surface area contributed by atoms with E-state index in [-0.39, 0.29) is 11.4 Å². The molecule has 0 unspecified atom stereocenters. The number of rotatable bonds is 6. The van der Waals surface area contributed by atoms with Crippen LogP contribution in [0.1, 0.15) is 10.5 Å². The number of amides is 2. The van der Waals surface area contributed by atoms with Gasteiger partial charge in [-0.3, -0.25) is 9.59 Å². The fraction of sp³-hybridized carbons (Fsp3) is 0. The molecule has 7 heteroatoms. The van der Waals surface area contributed by atoms with Gasteiger partial charge < -0.3 is 20.5 Å². The van der Waals surface area contributed by atoms with Gasteiger partial charge in [0.1, 0.15) is 11.5 Å². The molecule has 0 spiro atoms. The predicted molar refractivity (Wildman–Crippen MR) is 96.5 cm³/mol. The van der Waals surface area contributed by atoms with E-state index >= 15 is 0 Å². The molecule has 7 nitrogen and oxygen atoms in total. The van der Waals surface area contributed by atoms with Crippen molar-refractivity contribution in [2.75, 3.05) is 10.6 Å². The van der Waals surface area contributed by atoms with Gasteiger partial charge in [-0.05, 0) is 42.5 Å². The summed E-state index contributed by atoms with van der Waals surface area (Å²) in [7, 11) is 0. The molecule has 1 heterocycles. The van der Waals surface area contributed by atoms with Gasteiger partial charge in [0, 0.05) is 11.9 Å². The van der Waals surface area contributed by atoms with E-state index in [1.165, 1.54) is 12.3 Å². The van der Waals surface area contributed by atoms with Crippen molar-refractivity contribution in [3.05, 3.63) is 72.6 Å². The first-order valence-electron chi connectivity index (χ1n) is 7.70. The second-order valence-electron chi connectivity index (χ2n) is 5.21. The fourth-order valence-electron chi connectivity index (χ4n) is 2.22. The summed E-state index contributed by atoms with van der Waals surface area (Å²) in [6, 6.07) is 17.5. The van der Waals surface area contributed by atoms with Crippen LogP contribution in [0, 0.1) is 0 Å². The molecular weight excluding hydrogens is 334 g/mol. The topological polar surface area (TPSA) is 101 Å². The molecule has 26 heavy (non-hydrogen) atoms. The number of para-hydroxylation sites is 1. The second kappa shape index (κ2) is 7.80. The van der Waals surface area contributed by atoms with Crippen molar-refractivity contribution < 1.29 is 19.4 Å². The maximum Gasteiger partial charge on any atom is 0.278 e. The molecule has 0 aliphatic rings. The molecule has 0 bridgehead atoms. The van der Waals surface area contributed by atoms with E-state index in [0.717, 1.165) is 0 Å². The number of hydrogen-bond acceptors (Lipinski definition) is 5. The monoisotopic (exact) mass is 349 g/mol. The van der Waals surface area contributed by atoms with E-state index in [1.807, 2.05) is 30.3 Å². The lowest BCUT2D eigenvalue weighted by Crippen LogP contribution is -2.14. The average molecular weight is 349 g/mol. The van der Waals surface area contributed by atoms with E-state index in [9.17, 15) is 14.7 Å². The van der Waals surface area contributed by atoms with Crippen LogP contribution in [0.3, 0.4) is 0 Å². The Kier molecular flexibility index (Phi) is 5.09. The SMILES string of the molecule is O=CNc1ccnc(C(=O)Nc2ccc(Oc3ccccc3)cc2)c1O. The molecule has 1 aromatic heterocycles. The highest BCUT2D eigenvalue weighted by Crippen LogP contribution is 2.26. The van der Waals surface area contributed by atoms with Crippen molar-refractivity contribution in [2.24, 2.45) is 0 Å². The number of benzene rings is 2. The lowest BCUT2D eigenvalue weighted by Gasteiger charge is -2.10. The summed E-state index contributed by atoms with van der Waals surface area (Å²) >= 11 is 0. The maximum atomic E-state index is 12.3. The van der Waals surface area contributed by atoms with E-state index in [0.29, 0.717) is 23.6 Å². The van der Waals surface area contributed by atoms with Crippen LogP contribution in [0.4, 0.5) is 11.4 Å². The Bertz CT molecular complexity index is 912. The molecule has 0 saturated heterocycles. The fourth-order valence-corrected chi connectivity index (χ4v) is 2.22. The van der Waals surface area contributed by atoms with E-state index in [4.69, 9.17) is 4.74 Å². The molecule has 2 amide bonds. The number of anilines is 2. The minimum absolute atomic E-state index is 0.103. The number of pyridine rings is 1. The Labute approximate surface area is 149 Å². The Morgan fingerprint density at radius 1 is 1.00 bits per heavy atom. The molecular formula is C19H15N3O4. The van der Waals surface area contributed by atoms with Gasteiger partial charge in [0.15, 0.2) is 11.4 Å². The standard InChI is InChI=1S/C19H15N3O4/c23-12-21-16-10-11-20-17(18(16)24)19(25)22-13-6-8-15(9-7-13)26-14-4-2-1-3-5-14/h1-12,24H,(H,22,25)(H,20,21,23). The van der Waals surface area contributed by atoms with Crippen LogP contribution in [-0.2, 0) is 4.79 Å². The van der Waals surface area contributed by atoms with Crippen LogP contribution < -0.4 is 15.4 Å². The molecule has 0 saturated carbocycles. The lowest BCUT2D eigenvalue weighted by molar-refractivity contribution is -0.105. The normalized spacial score (nSPS) is 10.0. The van der Waals surface area contributed by atoms with Crippen LogP contribution in [0.15, 0.2) is 66.9 Å². The molecule has 0 fully saturated rings. The number of nitrogens with zero attached hydrogens (tertiary/aromatic N) is 1. The maximum absolute atomic E-state index is 12.3. The minimum Gasteiger partial charge on any atom is -0.504 e. The Hall–Kier alpha value is -3.87. The highest BCUT2D eigenvalue weighted by atomic mass is 16.5. The summed E-state index contributed by atoms with van der Waals surface area (Å²) in [5.74, 6) is 0.320. The molecule has 2 aromatic carbocycles. The van der Waals surface area contributed by atoms with Crippen molar-refractivity contribution in [3.63, 3.8) is 0 Å². The molecule has 3 rings (SSSR count). The first-order valence-corrected chi connectivity index (χ1v) is 7.70. The second-order valence-corrected chi connectivity index (χ2v) is 5.21. The third-order valence-electron chi connectivity index (χ3n) is 3.44. The zero-order chi connectivity index (χ0) is 18.4. The third-order valence-corrected chi connectivity index (χ3v) is 3.44. The highest BCUT2D eigenvalue weighted by Gasteiger charge is 2.16. The zero-order valence-corrected chi connectivity index (χ0v) is 13.5. The van der Waals surface area contributed by atoms with Crippen LogP contribution >= 0.6 is 0 Å². The molecule has 0 atom stereocenters. The smallest absolute Gasteiger partial charge is 0.278 e. The number of ether oxygens (including phenoxy) is 1. The Morgan fingerprint density at radius 2 is 1.69 bits per heavy atom. The summed E-state index contributed by atoms with van der Waals surface area (Å²) in [4.78, 5) is 26.6. The van der Waals surface area contributed by atoms with Crippen LogP contribution in [0.2, 0.25) is 0 Å². The number of aromatic nitrogens is 1. The Morgan fingerprint density at radius 3 is 2.38 bits per heavy atom. The van der Waals surface area contributed by atoms with Gasteiger partial charge in [0.05, 0.1) is 5.69 Å². The molecule has 3 N–H and O–H groups in total. The molecule has 0 aliphatic heterocycles. The average Bonchev–Trinajstić information content (AvgIpc) is 2.66. The summed E-state index contributed by atoms with van der Waals surface area (Å²) < 4.78 is 5.68. The first kappa shape index (κ1) is 17.0. The summed E-state index contributed by atoms with van der Waals surface area (Å²) in [6.07, 6.45) is 1.72. The Balaban J connectivity index is 1.70. The van der Waals surface area contributed by atoms with Crippen molar-refractivity contribution in [1.29, 1.82) is 0 Å². The van der Waals surface area contributed by atoms with Gasteiger partial charge in [-0.25, -0.2) is 4.98 Å². The van der Waals surface area contributed by atoms with Crippen molar-refractivity contribution in [1.82, 2.24) is 4.98 Å². The van der Waals surface area contributed by atoms with E-state index in [2.05, 4.69) is 15.6 Å². The number of hydrogen-bond donors (Lipinski definition) is 3. The summed E-state index contributed by atoms with van der Waals surface area (Å²) in [5.41, 5.74) is 0.415. The highest BCUT2D eigenvalue weighted by molar-refractivity contribution is 6.06. The zero-order valence-electron chi connectivity index (χ0n) is 13.5. The predicted octanol–water partition coefficient (Wildman–Crippen LogP) is 3.40. The van der Waals surface area contributed by atoms with Gasteiger partial charge in [-0.15, -0.1) is 0 Å². The molecule has 0 radical (unpaired) electrons. The lowest BCUT2D eigenvalue weighted by atomic mass is 10.2. The van der Waals surface area contributed by atoms with Gasteiger partial charge in [-0.1, -0.05) is 18.2 Å². The quantitative estimate of drug-likeness (QED) is 0.592. The van der Waals surface area contributed by atoms with Gasteiger partial charge in [-0.2, -0.15) is 0 Å². The number of carbonyl (C=O) groups excluding carboxylic acids is 2. The van der Waals surface area contributed by atoms with Crippen LogP contribution in [0.5, 0.6) is 17.2 Å². The molecule has 130 valence electrons. The molecule has 3 aromatic rings. The van der Waals surface area contributed by atoms with Crippen molar-refractivity contribution in [2.45, 2.75) is 0 Å². The van der Waals surface area contributed by atoms with Gasteiger partial charge in [0.2, 0.25) is 6.41 Å². The van der Waals surface area contributed by atoms with Crippen LogP contribution in [0.25, 0.3) is 0 Å². The van der Waals surface area contributed by atoms with E-state index in [1.54, 1.807) is 24.3 Å². The summed E-state index contributed by atoms with van der Waals surface area (Å²) in [6.45, 7) is 0. The first-order chi connectivity index (χ1) is 12.7. The third kappa shape index (κ3) is 3.96. The minimum atomic E-state index is -0.603. The van der Waals surface area contributed by atoms with E-state index < -0.39 is 11.7 Å². The van der Waals surface area contributed by atoms with Gasteiger partial charge in [0.25, 0.3) is 5.91 Å². The molecule has 0 aliphatic carbocycles. The number of carbonyl (C=O) groups is 2. The number of nitrogens with one attached hydrogen (secondary N) is 2. The van der Waals surface area contributed by atoms with Crippen LogP contribution in [-0.4, -0.2) is 22.4 Å².